The van der Waals surface area contributed by atoms with Crippen molar-refractivity contribution in [1.29, 1.82) is 0 Å². The van der Waals surface area contributed by atoms with Gasteiger partial charge in [-0.05, 0) is 44.3 Å². The fraction of sp³-hybridized carbons (Fsp3) is 0.882. The number of rotatable bonds is 7. The minimum absolute atomic E-state index is 0.0252. The first-order valence-corrected chi connectivity index (χ1v) is 11.4. The van der Waals surface area contributed by atoms with Gasteiger partial charge in [0.1, 0.15) is 5.54 Å². The van der Waals surface area contributed by atoms with Gasteiger partial charge in [0, 0.05) is 6.04 Å². The number of carbonyl (C=O) groups excluding carboxylic acids is 2. The van der Waals surface area contributed by atoms with Crippen molar-refractivity contribution in [3.05, 3.63) is 0 Å². The molecule has 0 bridgehead atoms. The molecule has 1 unspecified atom stereocenters. The van der Waals surface area contributed by atoms with Gasteiger partial charge in [-0.3, -0.25) is 9.69 Å². The van der Waals surface area contributed by atoms with E-state index in [0.717, 1.165) is 18.1 Å². The first kappa shape index (κ1) is 19.2. The average Bonchev–Trinajstić information content (AvgIpc) is 2.70. The number of hydrogen-bond donors (Lipinski definition) is 0. The van der Waals surface area contributed by atoms with E-state index >= 15 is 0 Å². The molecule has 0 saturated carbocycles. The van der Waals surface area contributed by atoms with Crippen molar-refractivity contribution in [2.24, 2.45) is 5.92 Å². The number of hydrogen-bond acceptors (Lipinski definition) is 2. The van der Waals surface area contributed by atoms with E-state index in [1.165, 1.54) is 4.90 Å². The van der Waals surface area contributed by atoms with Crippen LogP contribution >= 0.6 is 0 Å². The summed E-state index contributed by atoms with van der Waals surface area (Å²) in [5.41, 5.74) is -0.643. The van der Waals surface area contributed by atoms with Crippen molar-refractivity contribution in [3.63, 3.8) is 0 Å². The van der Waals surface area contributed by atoms with Crippen molar-refractivity contribution in [3.8, 4) is 0 Å². The molecule has 4 nitrogen and oxygen atoms in total. The molecule has 1 aliphatic rings. The molecule has 3 amide bonds. The van der Waals surface area contributed by atoms with Crippen molar-refractivity contribution in [1.82, 2.24) is 9.47 Å². The van der Waals surface area contributed by atoms with Crippen LogP contribution in [0, 0.1) is 5.92 Å². The Balaban J connectivity index is 3.61. The molecule has 0 radical (unpaired) electrons. The summed E-state index contributed by atoms with van der Waals surface area (Å²) in [4.78, 5) is 28.0. The molecule has 1 rings (SSSR count). The van der Waals surface area contributed by atoms with E-state index in [2.05, 4.69) is 46.1 Å². The molecule has 1 fully saturated rings. The predicted octanol–water partition coefficient (Wildman–Crippen LogP) is 4.47. The van der Waals surface area contributed by atoms with Crippen LogP contribution in [0.4, 0.5) is 4.79 Å². The lowest BCUT2D eigenvalue weighted by molar-refractivity contribution is -0.135. The van der Waals surface area contributed by atoms with Gasteiger partial charge in [0.2, 0.25) is 0 Å². The molecule has 0 aliphatic carbocycles. The molecule has 0 spiro atoms. The highest BCUT2D eigenvalue weighted by atomic mass is 28.3. The summed E-state index contributed by atoms with van der Waals surface area (Å²) in [6.45, 7) is 16.7. The molecule has 128 valence electrons. The van der Waals surface area contributed by atoms with E-state index < -0.39 is 13.8 Å². The third-order valence-electron chi connectivity index (χ3n) is 5.84. The van der Waals surface area contributed by atoms with Crippen LogP contribution in [-0.4, -0.2) is 41.2 Å². The second-order valence-corrected chi connectivity index (χ2v) is 12.1. The lowest BCUT2D eigenvalue weighted by atomic mass is 9.83. The first-order valence-electron chi connectivity index (χ1n) is 8.88. The van der Waals surface area contributed by atoms with Gasteiger partial charge < -0.3 is 4.57 Å². The summed E-state index contributed by atoms with van der Waals surface area (Å²) in [6.07, 6.45) is 0.702. The first-order chi connectivity index (χ1) is 10.2. The molecule has 1 heterocycles. The number of urea groups is 1. The average molecular weight is 327 g/mol. The lowest BCUT2D eigenvalue weighted by Gasteiger charge is -2.48. The third kappa shape index (κ3) is 2.41. The van der Waals surface area contributed by atoms with Gasteiger partial charge in [-0.1, -0.05) is 41.5 Å². The van der Waals surface area contributed by atoms with Gasteiger partial charge in [0.05, 0.1) is 0 Å². The normalized spacial score (nSPS) is 23.4. The van der Waals surface area contributed by atoms with E-state index in [9.17, 15) is 9.59 Å². The van der Waals surface area contributed by atoms with E-state index in [-0.39, 0.29) is 23.9 Å². The largest absolute Gasteiger partial charge is 0.337 e. The summed E-state index contributed by atoms with van der Waals surface area (Å²) in [5, 5.41) is 0. The van der Waals surface area contributed by atoms with Crippen molar-refractivity contribution >= 4 is 20.2 Å². The predicted molar refractivity (Wildman–Crippen MR) is 94.3 cm³/mol. The van der Waals surface area contributed by atoms with Crippen LogP contribution in [0.2, 0.25) is 18.1 Å². The fourth-order valence-electron chi connectivity index (χ4n) is 4.20. The van der Waals surface area contributed by atoms with Crippen LogP contribution in [0.25, 0.3) is 0 Å². The smallest absolute Gasteiger partial charge is 0.319 e. The van der Waals surface area contributed by atoms with Gasteiger partial charge in [-0.25, -0.2) is 4.79 Å². The van der Waals surface area contributed by atoms with Crippen molar-refractivity contribution in [2.45, 2.75) is 91.5 Å². The van der Waals surface area contributed by atoms with Gasteiger partial charge in [0.25, 0.3) is 5.91 Å². The summed E-state index contributed by atoms with van der Waals surface area (Å²) < 4.78 is 2.10. The molecule has 0 aromatic carbocycles. The highest BCUT2D eigenvalue weighted by molar-refractivity contribution is 6.79. The van der Waals surface area contributed by atoms with Crippen LogP contribution in [0.3, 0.4) is 0 Å². The summed E-state index contributed by atoms with van der Waals surface area (Å²) in [6, 6.07) is 2.93. The zero-order valence-corrected chi connectivity index (χ0v) is 16.7. The Kier molecular flexibility index (Phi) is 5.87. The Morgan fingerprint density at radius 3 is 1.68 bits per heavy atom. The van der Waals surface area contributed by atoms with E-state index in [1.807, 2.05) is 13.8 Å². The monoisotopic (exact) mass is 326 g/mol. The SMILES string of the molecule is CCC1(C(C)C)C(=O)N(C(C)C)C(=O)N1[Si](CC)(CC)CC. The molecule has 0 aromatic heterocycles. The Bertz CT molecular complexity index is 424. The van der Waals surface area contributed by atoms with E-state index in [0.29, 0.717) is 6.42 Å². The van der Waals surface area contributed by atoms with Gasteiger partial charge >= 0.3 is 6.03 Å². The zero-order chi connectivity index (χ0) is 17.3. The Morgan fingerprint density at radius 1 is 0.955 bits per heavy atom. The second-order valence-electron chi connectivity index (χ2n) is 7.10. The number of amides is 3. The zero-order valence-electron chi connectivity index (χ0n) is 15.7. The highest BCUT2D eigenvalue weighted by Gasteiger charge is 2.63. The standard InChI is InChI=1S/C17H34N2O2Si/c1-9-17(13(5)6)15(20)18(14(7)8)16(21)19(17)22(10-2,11-3)12-4/h13-14H,9-12H2,1-8H3. The third-order valence-corrected chi connectivity index (χ3v) is 11.3. The van der Waals surface area contributed by atoms with Crippen LogP contribution in [0.5, 0.6) is 0 Å². The highest BCUT2D eigenvalue weighted by Crippen LogP contribution is 2.44. The maximum Gasteiger partial charge on any atom is 0.319 e. The van der Waals surface area contributed by atoms with Crippen LogP contribution in [0.1, 0.15) is 61.8 Å². The molecule has 0 N–H and O–H groups in total. The Hall–Kier alpha value is -0.843. The molecular weight excluding hydrogens is 292 g/mol. The number of carbonyl (C=O) groups is 2. The Morgan fingerprint density at radius 2 is 1.41 bits per heavy atom. The molecule has 0 aromatic rings. The van der Waals surface area contributed by atoms with Crippen molar-refractivity contribution < 1.29 is 9.59 Å². The maximum atomic E-state index is 13.2. The lowest BCUT2D eigenvalue weighted by Crippen LogP contribution is -2.65. The fourth-order valence-corrected chi connectivity index (χ4v) is 8.52. The topological polar surface area (TPSA) is 40.6 Å². The molecule has 1 saturated heterocycles. The number of nitrogens with zero attached hydrogens (tertiary/aromatic N) is 2. The molecule has 5 heteroatoms. The minimum Gasteiger partial charge on any atom is -0.337 e. The quantitative estimate of drug-likeness (QED) is 0.511. The summed E-state index contributed by atoms with van der Waals surface area (Å²) in [7, 11) is -1.97. The second kappa shape index (κ2) is 6.73. The molecule has 1 atom stereocenters. The van der Waals surface area contributed by atoms with Crippen LogP contribution < -0.4 is 0 Å². The van der Waals surface area contributed by atoms with E-state index in [4.69, 9.17) is 0 Å². The molecule has 22 heavy (non-hydrogen) atoms. The van der Waals surface area contributed by atoms with Gasteiger partial charge in [0.15, 0.2) is 8.24 Å². The van der Waals surface area contributed by atoms with Crippen LogP contribution in [0.15, 0.2) is 0 Å². The van der Waals surface area contributed by atoms with Crippen LogP contribution in [-0.2, 0) is 4.79 Å². The summed E-state index contributed by atoms with van der Waals surface area (Å²) in [5.74, 6) is 0.159. The maximum absolute atomic E-state index is 13.2. The van der Waals surface area contributed by atoms with E-state index in [1.54, 1.807) is 0 Å². The van der Waals surface area contributed by atoms with Gasteiger partial charge in [-0.2, -0.15) is 0 Å². The van der Waals surface area contributed by atoms with Gasteiger partial charge in [-0.15, -0.1) is 0 Å². The minimum atomic E-state index is -1.97. The Labute approximate surface area is 137 Å². The summed E-state index contributed by atoms with van der Waals surface area (Å²) >= 11 is 0. The number of imide groups is 1. The van der Waals surface area contributed by atoms with Crippen molar-refractivity contribution in [2.75, 3.05) is 0 Å². The molecular formula is C17H34N2O2Si. The molecule has 1 aliphatic heterocycles.